The molecular weight excluding hydrogens is 371 g/mol. The van der Waals surface area contributed by atoms with Crippen LogP contribution in [0.4, 0.5) is 9.18 Å². The Morgan fingerprint density at radius 2 is 1.85 bits per heavy atom. The van der Waals surface area contributed by atoms with Gasteiger partial charge in [0.2, 0.25) is 0 Å². The van der Waals surface area contributed by atoms with Crippen LogP contribution >= 0.6 is 0 Å². The fraction of sp³-hybridized carbons (Fsp3) is 0.316. The van der Waals surface area contributed by atoms with Gasteiger partial charge in [-0.05, 0) is 24.1 Å². The standard InChI is InChI=1S/C19H21FN2O4S/c20-16-8-4-5-9-18(16)26-12-17(14-6-2-1-3-7-14)22-19(23)21-15-10-11-27(24,25)13-15/h1-9,15,17H,10-13H2,(H2,21,22,23)/t15-,17-/m1/s1. The largest absolute Gasteiger partial charge is 0.488 e. The van der Waals surface area contributed by atoms with Crippen molar-refractivity contribution in [1.29, 1.82) is 0 Å². The van der Waals surface area contributed by atoms with Crippen molar-refractivity contribution in [1.82, 2.24) is 10.6 Å². The maximum absolute atomic E-state index is 13.8. The van der Waals surface area contributed by atoms with E-state index in [1.165, 1.54) is 12.1 Å². The molecule has 2 aromatic carbocycles. The van der Waals surface area contributed by atoms with Crippen molar-refractivity contribution < 1.29 is 22.3 Å². The van der Waals surface area contributed by atoms with Crippen LogP contribution in [0.1, 0.15) is 18.0 Å². The second-order valence-electron chi connectivity index (χ2n) is 6.42. The topological polar surface area (TPSA) is 84.5 Å². The Kier molecular flexibility index (Phi) is 5.95. The third kappa shape index (κ3) is 5.43. The summed E-state index contributed by atoms with van der Waals surface area (Å²) in [5.41, 5.74) is 0.794. The summed E-state index contributed by atoms with van der Waals surface area (Å²) in [5, 5.41) is 5.47. The monoisotopic (exact) mass is 392 g/mol. The smallest absolute Gasteiger partial charge is 0.315 e. The van der Waals surface area contributed by atoms with Gasteiger partial charge in [0.15, 0.2) is 21.4 Å². The molecule has 1 saturated heterocycles. The molecule has 1 aliphatic rings. The van der Waals surface area contributed by atoms with E-state index in [-0.39, 0.29) is 23.9 Å². The molecule has 3 rings (SSSR count). The van der Waals surface area contributed by atoms with E-state index >= 15 is 0 Å². The summed E-state index contributed by atoms with van der Waals surface area (Å²) in [6.45, 7) is 0.0291. The molecule has 2 atom stereocenters. The van der Waals surface area contributed by atoms with E-state index in [9.17, 15) is 17.6 Å². The summed E-state index contributed by atoms with van der Waals surface area (Å²) in [6, 6.07) is 13.8. The minimum atomic E-state index is -3.08. The van der Waals surface area contributed by atoms with Crippen molar-refractivity contribution in [2.75, 3.05) is 18.1 Å². The zero-order valence-electron chi connectivity index (χ0n) is 14.6. The third-order valence-electron chi connectivity index (χ3n) is 4.32. The number of amides is 2. The number of hydrogen-bond acceptors (Lipinski definition) is 4. The molecule has 1 aliphatic heterocycles. The number of benzene rings is 2. The number of para-hydroxylation sites is 1. The minimum Gasteiger partial charge on any atom is -0.488 e. The molecule has 0 spiro atoms. The number of nitrogens with one attached hydrogen (secondary N) is 2. The van der Waals surface area contributed by atoms with E-state index in [1.807, 2.05) is 30.3 Å². The van der Waals surface area contributed by atoms with Gasteiger partial charge in [0.1, 0.15) is 6.61 Å². The summed E-state index contributed by atoms with van der Waals surface area (Å²) in [7, 11) is -3.08. The first-order valence-corrected chi connectivity index (χ1v) is 10.4. The number of halogens is 1. The number of carbonyl (C=O) groups is 1. The molecule has 0 aliphatic carbocycles. The predicted octanol–water partition coefficient (Wildman–Crippen LogP) is 2.43. The van der Waals surface area contributed by atoms with E-state index in [0.29, 0.717) is 6.42 Å². The van der Waals surface area contributed by atoms with Crippen molar-refractivity contribution >= 4 is 15.9 Å². The second kappa shape index (κ2) is 8.39. The van der Waals surface area contributed by atoms with E-state index in [0.717, 1.165) is 5.56 Å². The van der Waals surface area contributed by atoms with Gasteiger partial charge in [-0.2, -0.15) is 0 Å². The molecule has 27 heavy (non-hydrogen) atoms. The highest BCUT2D eigenvalue weighted by Gasteiger charge is 2.29. The van der Waals surface area contributed by atoms with Gasteiger partial charge in [-0.3, -0.25) is 0 Å². The van der Waals surface area contributed by atoms with Crippen LogP contribution in [0.3, 0.4) is 0 Å². The number of rotatable bonds is 6. The number of hydrogen-bond donors (Lipinski definition) is 2. The Hall–Kier alpha value is -2.61. The SMILES string of the molecule is O=C(N[C@@H]1CCS(=O)(=O)C1)N[C@H](COc1ccccc1F)c1ccccc1. The summed E-state index contributed by atoms with van der Waals surface area (Å²) >= 11 is 0. The van der Waals surface area contributed by atoms with Crippen LogP contribution in [0, 0.1) is 5.82 Å². The number of carbonyl (C=O) groups excluding carboxylic acids is 1. The van der Waals surface area contributed by atoms with Gasteiger partial charge >= 0.3 is 6.03 Å². The average Bonchev–Trinajstić information content (AvgIpc) is 2.99. The van der Waals surface area contributed by atoms with E-state index < -0.39 is 33.8 Å². The van der Waals surface area contributed by atoms with Crippen LogP contribution in [0.25, 0.3) is 0 Å². The van der Waals surface area contributed by atoms with Crippen molar-refractivity contribution in [3.05, 3.63) is 66.0 Å². The Labute approximate surface area is 157 Å². The Morgan fingerprint density at radius 3 is 2.52 bits per heavy atom. The quantitative estimate of drug-likeness (QED) is 0.791. The van der Waals surface area contributed by atoms with Crippen molar-refractivity contribution in [2.45, 2.75) is 18.5 Å². The first-order chi connectivity index (χ1) is 12.9. The lowest BCUT2D eigenvalue weighted by atomic mass is 10.1. The molecule has 2 aromatic rings. The van der Waals surface area contributed by atoms with Crippen molar-refractivity contribution in [3.8, 4) is 5.75 Å². The van der Waals surface area contributed by atoms with Crippen LogP contribution in [-0.2, 0) is 9.84 Å². The van der Waals surface area contributed by atoms with Crippen molar-refractivity contribution in [2.24, 2.45) is 0 Å². The second-order valence-corrected chi connectivity index (χ2v) is 8.65. The molecule has 0 radical (unpaired) electrons. The predicted molar refractivity (Wildman–Crippen MR) is 99.8 cm³/mol. The molecule has 144 valence electrons. The minimum absolute atomic E-state index is 0.0291. The maximum atomic E-state index is 13.8. The summed E-state index contributed by atoms with van der Waals surface area (Å²) in [5.74, 6) is -0.356. The zero-order chi connectivity index (χ0) is 19.3. The normalized spacial score (nSPS) is 19.2. The van der Waals surface area contributed by atoms with Crippen LogP contribution in [-0.4, -0.2) is 38.6 Å². The Bertz CT molecular complexity index is 890. The fourth-order valence-corrected chi connectivity index (χ4v) is 4.61. The highest BCUT2D eigenvalue weighted by Crippen LogP contribution is 2.19. The number of sulfone groups is 1. The highest BCUT2D eigenvalue weighted by atomic mass is 32.2. The Morgan fingerprint density at radius 1 is 1.15 bits per heavy atom. The maximum Gasteiger partial charge on any atom is 0.315 e. The molecule has 0 bridgehead atoms. The van der Waals surface area contributed by atoms with Crippen LogP contribution < -0.4 is 15.4 Å². The number of ether oxygens (including phenoxy) is 1. The van der Waals surface area contributed by atoms with Gasteiger partial charge in [-0.15, -0.1) is 0 Å². The fourth-order valence-electron chi connectivity index (χ4n) is 2.94. The molecule has 0 saturated carbocycles. The summed E-state index contributed by atoms with van der Waals surface area (Å²) in [4.78, 5) is 12.3. The average molecular weight is 392 g/mol. The third-order valence-corrected chi connectivity index (χ3v) is 6.09. The van der Waals surface area contributed by atoms with Crippen LogP contribution in [0.2, 0.25) is 0 Å². The first-order valence-electron chi connectivity index (χ1n) is 8.63. The van der Waals surface area contributed by atoms with Crippen LogP contribution in [0.15, 0.2) is 54.6 Å². The van der Waals surface area contributed by atoms with Gasteiger partial charge < -0.3 is 15.4 Å². The van der Waals surface area contributed by atoms with E-state index in [4.69, 9.17) is 4.74 Å². The van der Waals surface area contributed by atoms with E-state index in [2.05, 4.69) is 10.6 Å². The highest BCUT2D eigenvalue weighted by molar-refractivity contribution is 7.91. The number of urea groups is 1. The molecule has 8 heteroatoms. The van der Waals surface area contributed by atoms with Gasteiger partial charge in [-0.25, -0.2) is 17.6 Å². The molecule has 1 heterocycles. The van der Waals surface area contributed by atoms with Gasteiger partial charge in [0.05, 0.1) is 17.5 Å². The molecule has 0 unspecified atom stereocenters. The lowest BCUT2D eigenvalue weighted by molar-refractivity contribution is 0.219. The summed E-state index contributed by atoms with van der Waals surface area (Å²) in [6.07, 6.45) is 0.400. The lowest BCUT2D eigenvalue weighted by Crippen LogP contribution is -2.45. The lowest BCUT2D eigenvalue weighted by Gasteiger charge is -2.21. The molecule has 2 amide bonds. The van der Waals surface area contributed by atoms with Gasteiger partial charge in [0.25, 0.3) is 0 Å². The van der Waals surface area contributed by atoms with E-state index in [1.54, 1.807) is 12.1 Å². The zero-order valence-corrected chi connectivity index (χ0v) is 15.4. The first kappa shape index (κ1) is 19.2. The van der Waals surface area contributed by atoms with Gasteiger partial charge in [-0.1, -0.05) is 42.5 Å². The molecule has 1 fully saturated rings. The molecule has 2 N–H and O–H groups in total. The summed E-state index contributed by atoms with van der Waals surface area (Å²) < 4.78 is 42.4. The molecule has 0 aromatic heterocycles. The molecule has 6 nitrogen and oxygen atoms in total. The Balaban J connectivity index is 1.65. The van der Waals surface area contributed by atoms with Crippen LogP contribution in [0.5, 0.6) is 5.75 Å². The van der Waals surface area contributed by atoms with Gasteiger partial charge in [0, 0.05) is 6.04 Å². The molecular formula is C19H21FN2O4S. The van der Waals surface area contributed by atoms with Crippen molar-refractivity contribution in [3.63, 3.8) is 0 Å².